The van der Waals surface area contributed by atoms with Crippen molar-refractivity contribution in [3.05, 3.63) is 29.8 Å². The average molecular weight is 351 g/mol. The Hall–Kier alpha value is -1.60. The van der Waals surface area contributed by atoms with Gasteiger partial charge in [-0.2, -0.15) is 0 Å². The third-order valence-corrected chi connectivity index (χ3v) is 4.93. The molecule has 1 aromatic heterocycles. The molecule has 1 atom stereocenters. The van der Waals surface area contributed by atoms with Crippen LogP contribution in [0.3, 0.4) is 0 Å². The molecule has 2 aromatic rings. The standard InChI is InChI=1S/C16H21N3O2S2/c1-5-12(21-13-9-7-6-8-11(13)4)14(20)17-15-18-19-16(23-15)22-10(2)3/h6-10,12H,5H2,1-4H3,(H,17,18,20). The van der Waals surface area contributed by atoms with E-state index in [2.05, 4.69) is 29.4 Å². The van der Waals surface area contributed by atoms with Gasteiger partial charge in [0, 0.05) is 5.25 Å². The number of amides is 1. The van der Waals surface area contributed by atoms with Gasteiger partial charge in [-0.05, 0) is 25.0 Å². The van der Waals surface area contributed by atoms with Gasteiger partial charge in [0.25, 0.3) is 5.91 Å². The van der Waals surface area contributed by atoms with Crippen molar-refractivity contribution in [3.8, 4) is 5.75 Å². The third kappa shape index (κ3) is 5.21. The van der Waals surface area contributed by atoms with Gasteiger partial charge in [0.1, 0.15) is 5.75 Å². The lowest BCUT2D eigenvalue weighted by Gasteiger charge is -2.17. The Morgan fingerprint density at radius 2 is 2.09 bits per heavy atom. The maximum absolute atomic E-state index is 12.4. The van der Waals surface area contributed by atoms with Crippen molar-refractivity contribution < 1.29 is 9.53 Å². The second-order valence-corrected chi connectivity index (χ2v) is 8.11. The van der Waals surface area contributed by atoms with Crippen LogP contribution in [0.4, 0.5) is 5.13 Å². The fourth-order valence-electron chi connectivity index (χ4n) is 1.86. The number of carbonyl (C=O) groups excluding carboxylic acids is 1. The number of thioether (sulfide) groups is 1. The molecule has 1 unspecified atom stereocenters. The van der Waals surface area contributed by atoms with Gasteiger partial charge in [0.2, 0.25) is 5.13 Å². The highest BCUT2D eigenvalue weighted by atomic mass is 32.2. The monoisotopic (exact) mass is 351 g/mol. The summed E-state index contributed by atoms with van der Waals surface area (Å²) in [4.78, 5) is 12.4. The fraction of sp³-hybridized carbons (Fsp3) is 0.438. The van der Waals surface area contributed by atoms with Gasteiger partial charge < -0.3 is 4.74 Å². The van der Waals surface area contributed by atoms with Crippen molar-refractivity contribution in [3.63, 3.8) is 0 Å². The van der Waals surface area contributed by atoms with Crippen LogP contribution < -0.4 is 10.1 Å². The summed E-state index contributed by atoms with van der Waals surface area (Å²) >= 11 is 3.01. The van der Waals surface area contributed by atoms with E-state index < -0.39 is 6.10 Å². The molecule has 0 bridgehead atoms. The van der Waals surface area contributed by atoms with Crippen molar-refractivity contribution in [2.45, 2.75) is 49.8 Å². The molecule has 0 aliphatic heterocycles. The lowest BCUT2D eigenvalue weighted by molar-refractivity contribution is -0.122. The predicted molar refractivity (Wildman–Crippen MR) is 95.4 cm³/mol. The molecule has 0 saturated carbocycles. The molecule has 5 nitrogen and oxygen atoms in total. The number of carbonyl (C=O) groups is 1. The normalized spacial score (nSPS) is 12.2. The van der Waals surface area contributed by atoms with Crippen LogP contribution in [0.5, 0.6) is 5.75 Å². The summed E-state index contributed by atoms with van der Waals surface area (Å²) in [7, 11) is 0. The predicted octanol–water partition coefficient (Wildman–Crippen LogP) is 4.14. The van der Waals surface area contributed by atoms with E-state index in [0.29, 0.717) is 16.8 Å². The summed E-state index contributed by atoms with van der Waals surface area (Å²) in [6.07, 6.45) is 0.0215. The first-order valence-electron chi connectivity index (χ1n) is 7.53. The molecule has 0 radical (unpaired) electrons. The van der Waals surface area contributed by atoms with E-state index in [-0.39, 0.29) is 5.91 Å². The van der Waals surface area contributed by atoms with Crippen LogP contribution in [0.1, 0.15) is 32.8 Å². The molecule has 1 heterocycles. The number of nitrogens with one attached hydrogen (secondary N) is 1. The number of benzene rings is 1. The lowest BCUT2D eigenvalue weighted by atomic mass is 10.2. The number of aromatic nitrogens is 2. The van der Waals surface area contributed by atoms with Gasteiger partial charge in [-0.25, -0.2) is 0 Å². The Kier molecular flexibility index (Phi) is 6.41. The van der Waals surface area contributed by atoms with Crippen LogP contribution in [0.2, 0.25) is 0 Å². The second-order valence-electron chi connectivity index (χ2n) is 5.31. The Balaban J connectivity index is 2.00. The first-order chi connectivity index (χ1) is 11.0. The summed E-state index contributed by atoms with van der Waals surface area (Å²) < 4.78 is 6.69. The number of anilines is 1. The molecule has 23 heavy (non-hydrogen) atoms. The number of hydrogen-bond acceptors (Lipinski definition) is 6. The maximum Gasteiger partial charge on any atom is 0.267 e. The zero-order valence-electron chi connectivity index (χ0n) is 13.7. The fourth-order valence-corrected chi connectivity index (χ4v) is 3.84. The first-order valence-corrected chi connectivity index (χ1v) is 9.22. The van der Waals surface area contributed by atoms with Gasteiger partial charge in [-0.15, -0.1) is 10.2 Å². The second kappa shape index (κ2) is 8.31. The highest BCUT2D eigenvalue weighted by molar-refractivity contribution is 8.01. The van der Waals surface area contributed by atoms with Crippen LogP contribution in [0, 0.1) is 6.92 Å². The molecular weight excluding hydrogens is 330 g/mol. The Morgan fingerprint density at radius 1 is 1.35 bits per heavy atom. The van der Waals surface area contributed by atoms with Gasteiger partial charge in [-0.3, -0.25) is 10.1 Å². The van der Waals surface area contributed by atoms with E-state index in [0.717, 1.165) is 15.7 Å². The minimum Gasteiger partial charge on any atom is -0.480 e. The van der Waals surface area contributed by atoms with Crippen LogP contribution in [0.15, 0.2) is 28.6 Å². The highest BCUT2D eigenvalue weighted by Gasteiger charge is 2.21. The minimum absolute atomic E-state index is 0.201. The Bertz CT molecular complexity index is 658. The molecule has 124 valence electrons. The Morgan fingerprint density at radius 3 is 2.74 bits per heavy atom. The zero-order valence-corrected chi connectivity index (χ0v) is 15.3. The molecule has 2 rings (SSSR count). The maximum atomic E-state index is 12.4. The topological polar surface area (TPSA) is 64.1 Å². The zero-order chi connectivity index (χ0) is 16.8. The molecule has 0 fully saturated rings. The molecule has 7 heteroatoms. The van der Waals surface area contributed by atoms with E-state index in [9.17, 15) is 4.79 Å². The molecule has 0 saturated heterocycles. The number of rotatable bonds is 7. The molecule has 0 spiro atoms. The van der Waals surface area contributed by atoms with Crippen molar-refractivity contribution in [1.82, 2.24) is 10.2 Å². The summed E-state index contributed by atoms with van der Waals surface area (Å²) in [5.41, 5.74) is 1.00. The minimum atomic E-state index is -0.554. The Labute approximate surface area is 144 Å². The van der Waals surface area contributed by atoms with E-state index >= 15 is 0 Å². The van der Waals surface area contributed by atoms with Crippen molar-refractivity contribution in [2.24, 2.45) is 0 Å². The van der Waals surface area contributed by atoms with Crippen molar-refractivity contribution in [2.75, 3.05) is 5.32 Å². The van der Waals surface area contributed by atoms with E-state index in [1.807, 2.05) is 38.1 Å². The molecule has 0 aliphatic rings. The van der Waals surface area contributed by atoms with E-state index in [1.165, 1.54) is 11.3 Å². The largest absolute Gasteiger partial charge is 0.480 e. The van der Waals surface area contributed by atoms with Gasteiger partial charge in [-0.1, -0.05) is 62.1 Å². The van der Waals surface area contributed by atoms with Gasteiger partial charge in [0.15, 0.2) is 10.4 Å². The smallest absolute Gasteiger partial charge is 0.267 e. The van der Waals surface area contributed by atoms with Gasteiger partial charge >= 0.3 is 0 Å². The quantitative estimate of drug-likeness (QED) is 0.600. The van der Waals surface area contributed by atoms with Crippen LogP contribution in [0.25, 0.3) is 0 Å². The number of aryl methyl sites for hydroxylation is 1. The lowest BCUT2D eigenvalue weighted by Crippen LogP contribution is -2.32. The van der Waals surface area contributed by atoms with E-state index in [1.54, 1.807) is 11.8 Å². The summed E-state index contributed by atoms with van der Waals surface area (Å²) in [5, 5.41) is 11.8. The van der Waals surface area contributed by atoms with Crippen molar-refractivity contribution >= 4 is 34.1 Å². The summed E-state index contributed by atoms with van der Waals surface area (Å²) in [5.74, 6) is 0.524. The summed E-state index contributed by atoms with van der Waals surface area (Å²) in [6.45, 7) is 8.06. The number of hydrogen-bond donors (Lipinski definition) is 1. The SMILES string of the molecule is CCC(Oc1ccccc1C)C(=O)Nc1nnc(SC(C)C)s1. The molecule has 0 aliphatic carbocycles. The first kappa shape index (κ1) is 17.7. The molecule has 1 aromatic carbocycles. The third-order valence-electron chi connectivity index (χ3n) is 3.00. The number of nitrogens with zero attached hydrogens (tertiary/aromatic N) is 2. The van der Waals surface area contributed by atoms with Gasteiger partial charge in [0.05, 0.1) is 0 Å². The van der Waals surface area contributed by atoms with Crippen LogP contribution in [-0.4, -0.2) is 27.5 Å². The van der Waals surface area contributed by atoms with Crippen molar-refractivity contribution in [1.29, 1.82) is 0 Å². The molecular formula is C16H21N3O2S2. The molecule has 1 N–H and O–H groups in total. The highest BCUT2D eigenvalue weighted by Crippen LogP contribution is 2.28. The number of para-hydroxylation sites is 1. The van der Waals surface area contributed by atoms with E-state index in [4.69, 9.17) is 4.74 Å². The van der Waals surface area contributed by atoms with Crippen LogP contribution >= 0.6 is 23.1 Å². The van der Waals surface area contributed by atoms with Crippen LogP contribution in [-0.2, 0) is 4.79 Å². The molecule has 1 amide bonds. The average Bonchev–Trinajstić information content (AvgIpc) is 2.92. The number of ether oxygens (including phenoxy) is 1. The summed E-state index contributed by atoms with van der Waals surface area (Å²) in [6, 6.07) is 7.67.